The summed E-state index contributed by atoms with van der Waals surface area (Å²) in [5, 5.41) is 7.22. The Balaban J connectivity index is 0.00000144. The number of hydrogen-bond donors (Lipinski definition) is 2. The third-order valence-electron chi connectivity index (χ3n) is 4.21. The number of rotatable bonds is 5. The summed E-state index contributed by atoms with van der Waals surface area (Å²) >= 11 is 0. The van der Waals surface area contributed by atoms with Crippen molar-refractivity contribution < 1.29 is 4.79 Å². The number of nitrogens with two attached hydrogens (primary N) is 1. The van der Waals surface area contributed by atoms with Crippen LogP contribution in [0.3, 0.4) is 0 Å². The lowest BCUT2D eigenvalue weighted by atomic mass is 9.98. The molecule has 0 spiro atoms. The van der Waals surface area contributed by atoms with E-state index in [1.165, 1.54) is 5.56 Å². The molecule has 1 aliphatic rings. The third-order valence-corrected chi connectivity index (χ3v) is 4.21. The first-order chi connectivity index (χ1) is 10.7. The van der Waals surface area contributed by atoms with Crippen LogP contribution in [-0.2, 0) is 17.8 Å². The molecule has 3 N–H and O–H groups in total. The Labute approximate surface area is 154 Å². The number of aryl methyl sites for hydroxylation is 2. The summed E-state index contributed by atoms with van der Waals surface area (Å²) in [5.41, 5.74) is 6.63. The summed E-state index contributed by atoms with van der Waals surface area (Å²) in [7, 11) is 0. The molecule has 6 nitrogen and oxygen atoms in total. The highest BCUT2D eigenvalue weighted by Gasteiger charge is 2.37. The van der Waals surface area contributed by atoms with Crippen LogP contribution in [0, 0.1) is 0 Å². The molecule has 0 aromatic carbocycles. The fourth-order valence-corrected chi connectivity index (χ4v) is 2.82. The van der Waals surface area contributed by atoms with E-state index in [2.05, 4.69) is 15.4 Å². The van der Waals surface area contributed by atoms with Gasteiger partial charge in [0.05, 0.1) is 5.54 Å². The van der Waals surface area contributed by atoms with Gasteiger partial charge in [-0.25, -0.2) is 0 Å². The minimum atomic E-state index is -0.721. The third kappa shape index (κ3) is 4.93. The van der Waals surface area contributed by atoms with Crippen molar-refractivity contribution in [3.05, 3.63) is 42.4 Å². The van der Waals surface area contributed by atoms with Crippen molar-refractivity contribution >= 4 is 36.5 Å². The maximum Gasteiger partial charge on any atom is 0.245 e. The molecule has 0 atom stereocenters. The summed E-state index contributed by atoms with van der Waals surface area (Å²) in [6.07, 6.45) is 9.85. The second-order valence-corrected chi connectivity index (χ2v) is 5.89. The zero-order chi connectivity index (χ0) is 15.4. The van der Waals surface area contributed by atoms with Crippen LogP contribution in [-0.4, -0.2) is 26.2 Å². The van der Waals surface area contributed by atoms with Gasteiger partial charge >= 0.3 is 0 Å². The summed E-state index contributed by atoms with van der Waals surface area (Å²) in [4.78, 5) is 16.2. The highest BCUT2D eigenvalue weighted by atomic mass is 35.5. The molecule has 3 rings (SSSR count). The van der Waals surface area contributed by atoms with E-state index in [-0.39, 0.29) is 30.7 Å². The Morgan fingerprint density at radius 2 is 1.88 bits per heavy atom. The van der Waals surface area contributed by atoms with E-state index < -0.39 is 5.54 Å². The van der Waals surface area contributed by atoms with E-state index in [0.717, 1.165) is 38.6 Å². The van der Waals surface area contributed by atoms with Gasteiger partial charge in [0, 0.05) is 31.2 Å². The number of nitrogens with zero attached hydrogens (tertiary/aromatic N) is 3. The largest absolute Gasteiger partial charge is 0.317 e. The van der Waals surface area contributed by atoms with Crippen LogP contribution in [0.1, 0.15) is 31.2 Å². The highest BCUT2D eigenvalue weighted by molar-refractivity contribution is 5.97. The molecule has 2 heterocycles. The van der Waals surface area contributed by atoms with Crippen molar-refractivity contribution in [2.24, 2.45) is 5.73 Å². The first-order valence-electron chi connectivity index (χ1n) is 7.68. The van der Waals surface area contributed by atoms with E-state index in [1.54, 1.807) is 12.4 Å². The van der Waals surface area contributed by atoms with Crippen molar-refractivity contribution in [1.82, 2.24) is 14.8 Å². The van der Waals surface area contributed by atoms with Crippen LogP contribution in [0.5, 0.6) is 0 Å². The van der Waals surface area contributed by atoms with Gasteiger partial charge in [0.2, 0.25) is 5.91 Å². The van der Waals surface area contributed by atoms with Crippen molar-refractivity contribution in [2.45, 2.75) is 44.2 Å². The molecular weight excluding hydrogens is 349 g/mol. The van der Waals surface area contributed by atoms with Gasteiger partial charge in [-0.2, -0.15) is 5.10 Å². The van der Waals surface area contributed by atoms with E-state index in [1.807, 2.05) is 29.1 Å². The molecule has 0 radical (unpaired) electrons. The molecule has 1 saturated carbocycles. The lowest BCUT2D eigenvalue weighted by Gasteiger charge is -2.21. The van der Waals surface area contributed by atoms with Crippen LogP contribution >= 0.6 is 24.8 Å². The van der Waals surface area contributed by atoms with Crippen molar-refractivity contribution in [1.29, 1.82) is 0 Å². The SMILES string of the molecule is Cl.Cl.NC1(C(=O)Nc2ccn(CCc3ccncc3)n2)CCCC1. The Morgan fingerprint density at radius 1 is 1.21 bits per heavy atom. The number of pyridine rings is 1. The standard InChI is InChI=1S/C16H21N5O.2ClH/c17-16(7-1-2-8-16)15(22)19-14-6-12-21(20-14)11-5-13-3-9-18-10-4-13;;/h3-4,6,9-10,12H,1-2,5,7-8,11,17H2,(H,19,20,22);2*1H. The Kier molecular flexibility index (Phi) is 7.66. The smallest absolute Gasteiger partial charge is 0.245 e. The number of anilines is 1. The zero-order valence-electron chi connectivity index (χ0n) is 13.4. The van der Waals surface area contributed by atoms with Crippen LogP contribution in [0.2, 0.25) is 0 Å². The normalized spacial score (nSPS) is 15.2. The van der Waals surface area contributed by atoms with Gasteiger partial charge in [0.25, 0.3) is 0 Å². The van der Waals surface area contributed by atoms with Gasteiger partial charge in [0.1, 0.15) is 0 Å². The molecule has 0 unspecified atom stereocenters. The molecule has 0 bridgehead atoms. The predicted molar refractivity (Wildman–Crippen MR) is 98.7 cm³/mol. The van der Waals surface area contributed by atoms with Gasteiger partial charge in [-0.1, -0.05) is 12.8 Å². The molecule has 0 aliphatic heterocycles. The number of hydrogen-bond acceptors (Lipinski definition) is 4. The molecule has 0 saturated heterocycles. The Bertz CT molecular complexity index is 641. The number of amides is 1. The lowest BCUT2D eigenvalue weighted by molar-refractivity contribution is -0.121. The minimum Gasteiger partial charge on any atom is -0.317 e. The van der Waals surface area contributed by atoms with Gasteiger partial charge in [-0.3, -0.25) is 14.5 Å². The molecule has 8 heteroatoms. The number of carbonyl (C=O) groups excluding carboxylic acids is 1. The van der Waals surface area contributed by atoms with Crippen molar-refractivity contribution in [3.8, 4) is 0 Å². The minimum absolute atomic E-state index is 0. The van der Waals surface area contributed by atoms with Gasteiger partial charge in [-0.15, -0.1) is 24.8 Å². The van der Waals surface area contributed by atoms with Crippen LogP contribution in [0.25, 0.3) is 0 Å². The molecule has 2 aromatic rings. The zero-order valence-corrected chi connectivity index (χ0v) is 15.0. The maximum absolute atomic E-state index is 12.2. The Morgan fingerprint density at radius 3 is 2.54 bits per heavy atom. The molecule has 132 valence electrons. The van der Waals surface area contributed by atoms with Gasteiger partial charge < -0.3 is 11.1 Å². The van der Waals surface area contributed by atoms with E-state index in [4.69, 9.17) is 5.73 Å². The average molecular weight is 372 g/mol. The monoisotopic (exact) mass is 371 g/mol. The van der Waals surface area contributed by atoms with Gasteiger partial charge in [0.15, 0.2) is 5.82 Å². The molecule has 1 fully saturated rings. The number of nitrogens with one attached hydrogen (secondary N) is 1. The van der Waals surface area contributed by atoms with E-state index in [9.17, 15) is 4.79 Å². The topological polar surface area (TPSA) is 85.8 Å². The second-order valence-electron chi connectivity index (χ2n) is 5.89. The first-order valence-corrected chi connectivity index (χ1v) is 7.68. The Hall–Kier alpha value is -1.63. The molecule has 2 aromatic heterocycles. The van der Waals surface area contributed by atoms with E-state index in [0.29, 0.717) is 5.82 Å². The fourth-order valence-electron chi connectivity index (χ4n) is 2.82. The quantitative estimate of drug-likeness (QED) is 0.845. The average Bonchev–Trinajstić information content (AvgIpc) is 3.16. The number of halogens is 2. The van der Waals surface area contributed by atoms with Crippen LogP contribution < -0.4 is 11.1 Å². The lowest BCUT2D eigenvalue weighted by Crippen LogP contribution is -2.48. The summed E-state index contributed by atoms with van der Waals surface area (Å²) in [5.74, 6) is 0.445. The molecule has 1 amide bonds. The molecular formula is C16H23Cl2N5O. The summed E-state index contributed by atoms with van der Waals surface area (Å²) in [6.45, 7) is 0.758. The maximum atomic E-state index is 12.2. The first kappa shape index (κ1) is 20.4. The molecule has 1 aliphatic carbocycles. The number of carbonyl (C=O) groups is 1. The number of aromatic nitrogens is 3. The van der Waals surface area contributed by atoms with Crippen LogP contribution in [0.15, 0.2) is 36.8 Å². The fraction of sp³-hybridized carbons (Fsp3) is 0.438. The van der Waals surface area contributed by atoms with Crippen LogP contribution in [0.4, 0.5) is 5.82 Å². The summed E-state index contributed by atoms with van der Waals surface area (Å²) in [6, 6.07) is 5.79. The van der Waals surface area contributed by atoms with Gasteiger partial charge in [-0.05, 0) is 37.0 Å². The van der Waals surface area contributed by atoms with Crippen molar-refractivity contribution in [2.75, 3.05) is 5.32 Å². The predicted octanol–water partition coefficient (Wildman–Crippen LogP) is 2.57. The molecule has 24 heavy (non-hydrogen) atoms. The highest BCUT2D eigenvalue weighted by Crippen LogP contribution is 2.28. The van der Waals surface area contributed by atoms with E-state index >= 15 is 0 Å². The summed E-state index contributed by atoms with van der Waals surface area (Å²) < 4.78 is 1.83. The van der Waals surface area contributed by atoms with Crippen molar-refractivity contribution in [3.63, 3.8) is 0 Å². The second kappa shape index (κ2) is 9.01.